The summed E-state index contributed by atoms with van der Waals surface area (Å²) in [5.41, 5.74) is -3.21. The Balaban J connectivity index is 2.42. The minimum Gasteiger partial charge on any atom is -0.390 e. The zero-order valence-electron chi connectivity index (χ0n) is 19.9. The number of ether oxygens (including phenoxy) is 1. The van der Waals surface area contributed by atoms with E-state index in [1.165, 1.54) is 0 Å². The van der Waals surface area contributed by atoms with Gasteiger partial charge in [-0.15, -0.1) is 0 Å². The maximum Gasteiger partial charge on any atom is 0.330 e. The predicted molar refractivity (Wildman–Crippen MR) is 86.4 cm³/mol. The van der Waals surface area contributed by atoms with Crippen LogP contribution in [-0.2, 0) is 18.0 Å². The Labute approximate surface area is 143 Å². The van der Waals surface area contributed by atoms with E-state index in [1.54, 1.807) is 13.8 Å². The summed E-state index contributed by atoms with van der Waals surface area (Å²) in [6.07, 6.45) is 2.17. The van der Waals surface area contributed by atoms with Gasteiger partial charge in [0.05, 0.1) is 17.4 Å². The fourth-order valence-electron chi connectivity index (χ4n) is 2.20. The molecule has 128 valence electrons. The van der Waals surface area contributed by atoms with Gasteiger partial charge in [0.25, 0.3) is 5.56 Å². The summed E-state index contributed by atoms with van der Waals surface area (Å²) in [6.45, 7) is -6.47. The number of nitrogens with zero attached hydrogens (tertiary/aromatic N) is 3. The summed E-state index contributed by atoms with van der Waals surface area (Å²) in [4.78, 5) is 31.1. The van der Waals surface area contributed by atoms with Crippen LogP contribution in [0.1, 0.15) is 49.6 Å². The third-order valence-corrected chi connectivity index (χ3v) is 3.30. The monoisotopic (exact) mass is 331 g/mol. The Morgan fingerprint density at radius 1 is 1.48 bits per heavy atom. The van der Waals surface area contributed by atoms with E-state index in [4.69, 9.17) is 9.60 Å². The fraction of sp³-hybridized carbons (Fsp3) is 0.667. The van der Waals surface area contributed by atoms with Crippen molar-refractivity contribution >= 4 is 11.2 Å². The van der Waals surface area contributed by atoms with Gasteiger partial charge in [0, 0.05) is 17.2 Å². The molecule has 0 amide bonds. The van der Waals surface area contributed by atoms with Crippen LogP contribution in [0.5, 0.6) is 0 Å². The van der Waals surface area contributed by atoms with Crippen molar-refractivity contribution in [1.29, 1.82) is 0 Å². The summed E-state index contributed by atoms with van der Waals surface area (Å²) in [5.74, 6) is 0. The lowest BCUT2D eigenvalue weighted by Crippen LogP contribution is -2.36. The Kier molecular flexibility index (Phi) is 3.10. The van der Waals surface area contributed by atoms with Crippen molar-refractivity contribution in [2.45, 2.75) is 58.8 Å². The van der Waals surface area contributed by atoms with Crippen LogP contribution >= 0.6 is 0 Å². The van der Waals surface area contributed by atoms with E-state index in [0.717, 1.165) is 10.9 Å². The maximum absolute atomic E-state index is 12.8. The zero-order valence-corrected chi connectivity index (χ0v) is 12.9. The summed E-state index contributed by atoms with van der Waals surface area (Å²) < 4.78 is 58.3. The average molecular weight is 331 g/mol. The molecule has 0 saturated carbocycles. The van der Waals surface area contributed by atoms with Gasteiger partial charge in [-0.05, 0) is 40.0 Å². The first-order chi connectivity index (χ1) is 13.5. The summed E-state index contributed by atoms with van der Waals surface area (Å²) in [6, 6.07) is 0. The Morgan fingerprint density at radius 3 is 2.96 bits per heavy atom. The first-order valence-corrected chi connectivity index (χ1v) is 7.09. The van der Waals surface area contributed by atoms with E-state index in [-0.39, 0.29) is 12.2 Å². The average Bonchev–Trinajstić information content (AvgIpc) is 2.95. The van der Waals surface area contributed by atoms with Crippen molar-refractivity contribution in [2.75, 3.05) is 6.56 Å². The zero-order chi connectivity index (χ0) is 23.1. The summed E-state index contributed by atoms with van der Waals surface area (Å²) >= 11 is 0. The molecule has 0 aromatic carbocycles. The van der Waals surface area contributed by atoms with E-state index in [2.05, 4.69) is 14.7 Å². The van der Waals surface area contributed by atoms with E-state index in [1.807, 2.05) is 0 Å². The highest BCUT2D eigenvalue weighted by molar-refractivity contribution is 5.68. The van der Waals surface area contributed by atoms with Crippen LogP contribution in [0.25, 0.3) is 11.2 Å². The smallest absolute Gasteiger partial charge is 0.330 e. The molecule has 0 unspecified atom stereocenters. The molecule has 2 aromatic heterocycles. The van der Waals surface area contributed by atoms with Crippen LogP contribution in [0.2, 0.25) is 0 Å². The molecule has 0 aliphatic heterocycles. The van der Waals surface area contributed by atoms with Crippen LogP contribution in [0.3, 0.4) is 0 Å². The molecule has 0 aliphatic carbocycles. The van der Waals surface area contributed by atoms with Gasteiger partial charge < -0.3 is 14.4 Å². The maximum atomic E-state index is 12.8. The van der Waals surface area contributed by atoms with Crippen LogP contribution in [0.15, 0.2) is 15.9 Å². The molecule has 0 saturated heterocycles. The van der Waals surface area contributed by atoms with Crippen LogP contribution in [-0.4, -0.2) is 36.4 Å². The highest BCUT2D eigenvalue weighted by atomic mass is 16.5. The molecule has 8 heteroatoms. The molecule has 0 atom stereocenters. The molecule has 8 nitrogen and oxygen atoms in total. The second-order valence-electron chi connectivity index (χ2n) is 5.76. The van der Waals surface area contributed by atoms with Crippen molar-refractivity contribution in [2.24, 2.45) is 0 Å². The number of nitrogens with one attached hydrogen (secondary N) is 1. The number of imidazole rings is 1. The minimum absolute atomic E-state index is 0.00861. The largest absolute Gasteiger partial charge is 0.390 e. The van der Waals surface area contributed by atoms with Crippen LogP contribution < -0.4 is 11.2 Å². The fourth-order valence-corrected chi connectivity index (χ4v) is 2.20. The first kappa shape index (κ1) is 10.0. The predicted octanol–water partition coefficient (Wildman–Crippen LogP) is 0.821. The van der Waals surface area contributed by atoms with E-state index < -0.39 is 42.5 Å². The second kappa shape index (κ2) is 7.10. The molecule has 0 spiro atoms. The molecule has 2 rings (SSSR count). The number of hydrogen-bond donors (Lipinski definition) is 2. The van der Waals surface area contributed by atoms with Crippen molar-refractivity contribution < 1.29 is 19.4 Å². The summed E-state index contributed by atoms with van der Waals surface area (Å²) in [7, 11) is 0. The SMILES string of the molecule is [2H]C([2H])(OC([2H])([2H])C([2H])([2H])[2H])n1cnc2[nH]c(=O)n(CCCCC(C)(C)O)c(=O)c21. The lowest BCUT2D eigenvalue weighted by atomic mass is 10.0. The van der Waals surface area contributed by atoms with Crippen molar-refractivity contribution in [3.63, 3.8) is 0 Å². The molecule has 0 fully saturated rings. The third-order valence-electron chi connectivity index (χ3n) is 3.30. The van der Waals surface area contributed by atoms with Crippen molar-refractivity contribution in [3.05, 3.63) is 27.2 Å². The van der Waals surface area contributed by atoms with Crippen LogP contribution in [0.4, 0.5) is 0 Å². The van der Waals surface area contributed by atoms with Gasteiger partial charge in [0.2, 0.25) is 0 Å². The number of fused-ring (bicyclic) bond motifs is 1. The molecular formula is C15H24N4O4. The lowest BCUT2D eigenvalue weighted by Gasteiger charge is -2.16. The molecular weight excluding hydrogens is 300 g/mol. The molecule has 0 radical (unpaired) electrons. The standard InChI is InChI=1S/C15H24N4O4/c1-4-23-10-18-9-16-12-11(18)13(20)19(14(21)17-12)8-6-5-7-15(2,3)22/h9,22H,4-8,10H2,1-3H3,(H,17,21)/i1D3,4D2,10D2. The normalized spacial score (nSPS) is 18.5. The van der Waals surface area contributed by atoms with Gasteiger partial charge in [-0.25, -0.2) is 9.78 Å². The molecule has 2 heterocycles. The summed E-state index contributed by atoms with van der Waals surface area (Å²) in [5, 5.41) is 9.74. The van der Waals surface area contributed by atoms with E-state index in [9.17, 15) is 14.7 Å². The molecule has 2 aromatic rings. The number of hydrogen-bond acceptors (Lipinski definition) is 5. The van der Waals surface area contributed by atoms with Gasteiger partial charge in [-0.2, -0.15) is 0 Å². The number of rotatable bonds is 8. The van der Waals surface area contributed by atoms with Crippen LogP contribution in [0, 0.1) is 0 Å². The number of aliphatic hydroxyl groups is 1. The highest BCUT2D eigenvalue weighted by Gasteiger charge is 2.14. The van der Waals surface area contributed by atoms with Gasteiger partial charge >= 0.3 is 5.69 Å². The second-order valence-corrected chi connectivity index (χ2v) is 5.76. The quantitative estimate of drug-likeness (QED) is 0.697. The highest BCUT2D eigenvalue weighted by Crippen LogP contribution is 2.12. The van der Waals surface area contributed by atoms with Gasteiger partial charge in [-0.1, -0.05) is 0 Å². The molecule has 0 aliphatic rings. The number of aromatic nitrogens is 4. The molecule has 23 heavy (non-hydrogen) atoms. The van der Waals surface area contributed by atoms with Crippen molar-refractivity contribution in [3.8, 4) is 0 Å². The Hall–Kier alpha value is -1.93. The Bertz CT molecular complexity index is 1020. The van der Waals surface area contributed by atoms with Crippen molar-refractivity contribution in [1.82, 2.24) is 19.1 Å². The van der Waals surface area contributed by atoms with Gasteiger partial charge in [0.15, 0.2) is 11.2 Å². The van der Waals surface area contributed by atoms with E-state index >= 15 is 0 Å². The Morgan fingerprint density at radius 2 is 2.26 bits per heavy atom. The number of H-pyrrole nitrogens is 1. The van der Waals surface area contributed by atoms with Gasteiger partial charge in [-0.3, -0.25) is 14.3 Å². The third kappa shape index (κ3) is 4.29. The molecule has 0 bridgehead atoms. The minimum atomic E-state index is -3.36. The first-order valence-electron chi connectivity index (χ1n) is 10.6. The lowest BCUT2D eigenvalue weighted by molar-refractivity contribution is 0.0678. The van der Waals surface area contributed by atoms with E-state index in [0.29, 0.717) is 23.8 Å². The number of unbranched alkanes of at least 4 members (excludes halogenated alkanes) is 1. The topological polar surface area (TPSA) is 102 Å². The number of aromatic amines is 1. The molecule has 2 N–H and O–H groups in total. The van der Waals surface area contributed by atoms with Gasteiger partial charge in [0.1, 0.15) is 6.68 Å².